The van der Waals surface area contributed by atoms with E-state index in [0.29, 0.717) is 0 Å². The molecule has 3 rings (SSSR count). The van der Waals surface area contributed by atoms with Gasteiger partial charge in [-0.2, -0.15) is 4.58 Å². The SMILES string of the molecule is IC=C1CSC2=[N+]1c1ccccc1CN2. The molecule has 2 heterocycles. The van der Waals surface area contributed by atoms with Crippen LogP contribution < -0.4 is 5.32 Å². The van der Waals surface area contributed by atoms with Gasteiger partial charge in [0.15, 0.2) is 0 Å². The molecule has 2 aliphatic heterocycles. The largest absolute Gasteiger partial charge is 0.317 e. The summed E-state index contributed by atoms with van der Waals surface area (Å²) in [7, 11) is 0. The van der Waals surface area contributed by atoms with E-state index in [-0.39, 0.29) is 0 Å². The van der Waals surface area contributed by atoms with Crippen LogP contribution in [-0.2, 0) is 6.54 Å². The summed E-state index contributed by atoms with van der Waals surface area (Å²) in [4.78, 5) is 0. The van der Waals surface area contributed by atoms with E-state index in [4.69, 9.17) is 0 Å². The lowest BCUT2D eigenvalue weighted by Gasteiger charge is -2.14. The topological polar surface area (TPSA) is 15.0 Å². The zero-order valence-corrected chi connectivity index (χ0v) is 11.0. The van der Waals surface area contributed by atoms with Crippen molar-refractivity contribution in [3.63, 3.8) is 0 Å². The molecule has 0 atom stereocenters. The van der Waals surface area contributed by atoms with E-state index in [1.54, 1.807) is 0 Å². The molecule has 2 aliphatic rings. The van der Waals surface area contributed by atoms with Crippen molar-refractivity contribution in [3.8, 4) is 0 Å². The van der Waals surface area contributed by atoms with Crippen LogP contribution in [0.3, 0.4) is 0 Å². The van der Waals surface area contributed by atoms with Crippen LogP contribution in [0.4, 0.5) is 5.69 Å². The van der Waals surface area contributed by atoms with Gasteiger partial charge in [0.25, 0.3) is 0 Å². The van der Waals surface area contributed by atoms with Crippen LogP contribution in [0.5, 0.6) is 0 Å². The van der Waals surface area contributed by atoms with Gasteiger partial charge in [-0.1, -0.05) is 18.2 Å². The predicted molar refractivity (Wildman–Crippen MR) is 72.8 cm³/mol. The number of amidine groups is 1. The highest BCUT2D eigenvalue weighted by Gasteiger charge is 2.32. The molecule has 0 saturated heterocycles. The lowest BCUT2D eigenvalue weighted by Crippen LogP contribution is -2.29. The molecule has 2 nitrogen and oxygen atoms in total. The molecule has 0 spiro atoms. The minimum Gasteiger partial charge on any atom is -0.264 e. The zero-order valence-electron chi connectivity index (χ0n) is 8.03. The number of hydrogen-bond acceptors (Lipinski definition) is 2. The van der Waals surface area contributed by atoms with Crippen molar-refractivity contribution < 1.29 is 4.58 Å². The molecule has 0 fully saturated rings. The van der Waals surface area contributed by atoms with Gasteiger partial charge in [-0.15, -0.1) is 0 Å². The standard InChI is InChI=1S/C11H9IN2S/c12-5-9-7-15-11-13-6-8-3-1-2-4-10(8)14(9)11/h1-5H,6-7H2/p+1. The number of hydrogen-bond donors (Lipinski definition) is 1. The molecule has 0 aliphatic carbocycles. The fourth-order valence-corrected chi connectivity index (χ4v) is 3.74. The number of nitrogens with zero attached hydrogens (tertiary/aromatic N) is 1. The summed E-state index contributed by atoms with van der Waals surface area (Å²) in [6.45, 7) is 0.948. The third-order valence-electron chi connectivity index (χ3n) is 2.64. The van der Waals surface area contributed by atoms with E-state index in [1.165, 1.54) is 22.1 Å². The third-order valence-corrected chi connectivity index (χ3v) is 4.39. The van der Waals surface area contributed by atoms with Gasteiger partial charge in [-0.05, 0) is 40.4 Å². The van der Waals surface area contributed by atoms with Crippen LogP contribution in [0.25, 0.3) is 0 Å². The molecule has 1 aromatic carbocycles. The molecule has 0 saturated carbocycles. The molecule has 15 heavy (non-hydrogen) atoms. The van der Waals surface area contributed by atoms with Gasteiger partial charge < -0.3 is 0 Å². The summed E-state index contributed by atoms with van der Waals surface area (Å²) >= 11 is 4.20. The summed E-state index contributed by atoms with van der Waals surface area (Å²) in [5.74, 6) is 1.07. The molecule has 0 aromatic heterocycles. The van der Waals surface area contributed by atoms with Crippen LogP contribution in [0, 0.1) is 0 Å². The summed E-state index contributed by atoms with van der Waals surface area (Å²) in [5, 5.41) is 4.74. The fraction of sp³-hybridized carbons (Fsp3) is 0.182. The normalized spacial score (nSPS) is 21.3. The number of thioether (sulfide) groups is 1. The molecular formula is C11H10IN2S+. The lowest BCUT2D eigenvalue weighted by molar-refractivity contribution is -0.381. The molecule has 76 valence electrons. The Morgan fingerprint density at radius 2 is 2.27 bits per heavy atom. The van der Waals surface area contributed by atoms with Crippen LogP contribution in [-0.4, -0.2) is 15.5 Å². The van der Waals surface area contributed by atoms with Crippen LogP contribution >= 0.6 is 34.4 Å². The Morgan fingerprint density at radius 1 is 1.40 bits per heavy atom. The number of para-hydroxylation sites is 1. The van der Waals surface area contributed by atoms with Gasteiger partial charge in [0, 0.05) is 9.65 Å². The molecule has 0 amide bonds. The highest BCUT2D eigenvalue weighted by molar-refractivity contribution is 14.1. The minimum atomic E-state index is 0.948. The van der Waals surface area contributed by atoms with E-state index >= 15 is 0 Å². The summed E-state index contributed by atoms with van der Waals surface area (Å²) in [5.41, 5.74) is 4.08. The van der Waals surface area contributed by atoms with Crippen LogP contribution in [0.2, 0.25) is 0 Å². The monoisotopic (exact) mass is 329 g/mol. The van der Waals surface area contributed by atoms with Gasteiger partial charge in [0.05, 0.1) is 5.75 Å². The predicted octanol–water partition coefficient (Wildman–Crippen LogP) is 2.81. The van der Waals surface area contributed by atoms with E-state index < -0.39 is 0 Å². The second-order valence-corrected chi connectivity index (χ2v) is 5.10. The second-order valence-electron chi connectivity index (χ2n) is 3.51. The Labute approximate surface area is 107 Å². The van der Waals surface area contributed by atoms with Crippen molar-refractivity contribution >= 4 is 45.2 Å². The first-order valence-electron chi connectivity index (χ1n) is 4.81. The number of nitrogens with one attached hydrogen (secondary N) is 1. The zero-order chi connectivity index (χ0) is 10.3. The maximum absolute atomic E-state index is 3.46. The lowest BCUT2D eigenvalue weighted by atomic mass is 10.1. The number of fused-ring (bicyclic) bond motifs is 2. The Kier molecular flexibility index (Phi) is 2.48. The van der Waals surface area contributed by atoms with Crippen molar-refractivity contribution in [2.45, 2.75) is 6.54 Å². The second kappa shape index (κ2) is 3.83. The van der Waals surface area contributed by atoms with Gasteiger partial charge >= 0.3 is 5.17 Å². The Bertz CT molecular complexity index is 479. The molecular weight excluding hydrogens is 319 g/mol. The first-order chi connectivity index (χ1) is 7.40. The highest BCUT2D eigenvalue weighted by atomic mass is 127. The van der Waals surface area contributed by atoms with Crippen LogP contribution in [0.1, 0.15) is 5.56 Å². The van der Waals surface area contributed by atoms with E-state index in [1.807, 2.05) is 11.8 Å². The van der Waals surface area contributed by atoms with Crippen molar-refractivity contribution in [2.75, 3.05) is 5.75 Å². The third kappa shape index (κ3) is 1.50. The average Bonchev–Trinajstić information content (AvgIpc) is 2.72. The first-order valence-corrected chi connectivity index (χ1v) is 7.04. The Hall–Kier alpha value is -0.490. The molecule has 0 bridgehead atoms. The highest BCUT2D eigenvalue weighted by Crippen LogP contribution is 2.33. The summed E-state index contributed by atoms with van der Waals surface area (Å²) in [6.07, 6.45) is 0. The number of rotatable bonds is 0. The minimum absolute atomic E-state index is 0.948. The summed E-state index contributed by atoms with van der Waals surface area (Å²) < 4.78 is 4.50. The van der Waals surface area contributed by atoms with E-state index in [0.717, 1.165) is 12.3 Å². The quantitative estimate of drug-likeness (QED) is 0.582. The van der Waals surface area contributed by atoms with Gasteiger partial charge in [-0.3, -0.25) is 5.32 Å². The molecule has 1 aromatic rings. The number of halogens is 1. The maximum atomic E-state index is 3.46. The molecule has 1 N–H and O–H groups in total. The summed E-state index contributed by atoms with van der Waals surface area (Å²) in [6, 6.07) is 8.59. The first kappa shape index (κ1) is 9.72. The number of benzene rings is 1. The fourth-order valence-electron chi connectivity index (χ4n) is 1.93. The van der Waals surface area contributed by atoms with Crippen molar-refractivity contribution in [2.24, 2.45) is 0 Å². The van der Waals surface area contributed by atoms with Gasteiger partial charge in [-0.25, -0.2) is 0 Å². The van der Waals surface area contributed by atoms with Crippen molar-refractivity contribution in [3.05, 3.63) is 39.6 Å². The van der Waals surface area contributed by atoms with E-state index in [9.17, 15) is 0 Å². The Morgan fingerprint density at radius 3 is 3.13 bits per heavy atom. The smallest absolute Gasteiger partial charge is 0.264 e. The van der Waals surface area contributed by atoms with Crippen LogP contribution in [0.15, 0.2) is 34.0 Å². The molecule has 0 radical (unpaired) electrons. The maximum Gasteiger partial charge on any atom is 0.317 e. The average molecular weight is 329 g/mol. The Balaban J connectivity index is 2.21. The van der Waals surface area contributed by atoms with Crippen molar-refractivity contribution in [1.29, 1.82) is 0 Å². The van der Waals surface area contributed by atoms with Gasteiger partial charge in [0.1, 0.15) is 17.9 Å². The molecule has 4 heteroatoms. The van der Waals surface area contributed by atoms with Crippen molar-refractivity contribution in [1.82, 2.24) is 5.32 Å². The molecule has 0 unspecified atom stereocenters. The van der Waals surface area contributed by atoms with Gasteiger partial charge in [0.2, 0.25) is 0 Å². The van der Waals surface area contributed by atoms with E-state index in [2.05, 4.69) is 60.8 Å².